The topological polar surface area (TPSA) is 79.5 Å². The number of amides is 2. The minimum Gasteiger partial charge on any atom is -0.491 e. The van der Waals surface area contributed by atoms with Gasteiger partial charge in [0.2, 0.25) is 0 Å². The van der Waals surface area contributed by atoms with E-state index in [0.717, 1.165) is 6.42 Å². The van der Waals surface area contributed by atoms with Gasteiger partial charge in [0.25, 0.3) is 11.8 Å². The Morgan fingerprint density at radius 3 is 2.24 bits per heavy atom. The zero-order valence-electron chi connectivity index (χ0n) is 18.2. The van der Waals surface area contributed by atoms with Crippen molar-refractivity contribution < 1.29 is 14.3 Å². The summed E-state index contributed by atoms with van der Waals surface area (Å²) in [5, 5.41) is 9.03. The van der Waals surface area contributed by atoms with E-state index in [9.17, 15) is 9.59 Å². The molecule has 0 spiro atoms. The molecule has 170 valence electrons. The zero-order valence-corrected chi connectivity index (χ0v) is 19.8. The number of rotatable bonds is 7. The molecule has 0 heterocycles. The second-order valence-corrected chi connectivity index (χ2v) is 8.16. The fourth-order valence-corrected chi connectivity index (χ4v) is 3.25. The number of carbonyl (C=O) groups is 2. The molecule has 0 fully saturated rings. The molecule has 0 aromatic heterocycles. The molecule has 3 rings (SSSR count). The number of benzene rings is 3. The van der Waals surface area contributed by atoms with E-state index in [0.29, 0.717) is 33.3 Å². The molecule has 8 heteroatoms. The Balaban J connectivity index is 1.57. The van der Waals surface area contributed by atoms with Crippen molar-refractivity contribution in [1.82, 2.24) is 5.32 Å². The molecule has 6 nitrogen and oxygen atoms in total. The second-order valence-electron chi connectivity index (χ2n) is 7.31. The van der Waals surface area contributed by atoms with Crippen LogP contribution in [0.4, 0.5) is 11.4 Å². The Morgan fingerprint density at radius 1 is 0.909 bits per heavy atom. The van der Waals surface area contributed by atoms with Gasteiger partial charge >= 0.3 is 0 Å². The normalized spacial score (nSPS) is 11.2. The summed E-state index contributed by atoms with van der Waals surface area (Å²) in [5.41, 5.74) is 2.08. The van der Waals surface area contributed by atoms with Gasteiger partial charge < -0.3 is 15.4 Å². The first-order chi connectivity index (χ1) is 15.8. The maximum atomic E-state index is 12.5. The monoisotopic (exact) mass is 481 g/mol. The summed E-state index contributed by atoms with van der Waals surface area (Å²) in [6.07, 6.45) is 1.00. The number of anilines is 2. The Bertz CT molecular complexity index is 1150. The van der Waals surface area contributed by atoms with Crippen molar-refractivity contribution >= 4 is 52.1 Å². The Morgan fingerprint density at radius 2 is 1.58 bits per heavy atom. The molecule has 0 aliphatic rings. The average Bonchev–Trinajstić information content (AvgIpc) is 2.79. The van der Waals surface area contributed by atoms with Gasteiger partial charge in [-0.3, -0.25) is 14.9 Å². The summed E-state index contributed by atoms with van der Waals surface area (Å²) >= 11 is 11.2. The van der Waals surface area contributed by atoms with E-state index in [-0.39, 0.29) is 23.0 Å². The van der Waals surface area contributed by atoms with Gasteiger partial charge in [0.1, 0.15) is 5.75 Å². The van der Waals surface area contributed by atoms with Crippen LogP contribution in [0, 0.1) is 0 Å². The smallest absolute Gasteiger partial charge is 0.257 e. The molecule has 3 aromatic rings. The van der Waals surface area contributed by atoms with Crippen LogP contribution in [0.25, 0.3) is 0 Å². The number of thiocarbonyl (C=S) groups is 1. The molecule has 1 atom stereocenters. The molecule has 0 aliphatic heterocycles. The van der Waals surface area contributed by atoms with Crippen molar-refractivity contribution in [2.75, 3.05) is 10.6 Å². The second kappa shape index (κ2) is 11.4. The summed E-state index contributed by atoms with van der Waals surface area (Å²) in [7, 11) is 0. The van der Waals surface area contributed by atoms with Gasteiger partial charge in [0.15, 0.2) is 5.11 Å². The lowest BCUT2D eigenvalue weighted by Gasteiger charge is -2.13. The van der Waals surface area contributed by atoms with Crippen LogP contribution >= 0.6 is 23.8 Å². The molecule has 0 radical (unpaired) electrons. The van der Waals surface area contributed by atoms with Crippen LogP contribution < -0.4 is 20.7 Å². The summed E-state index contributed by atoms with van der Waals surface area (Å²) in [6, 6.07) is 20.5. The van der Waals surface area contributed by atoms with Crippen molar-refractivity contribution in [2.24, 2.45) is 0 Å². The minimum absolute atomic E-state index is 0.104. The Hall–Kier alpha value is -3.42. The highest BCUT2D eigenvalue weighted by molar-refractivity contribution is 7.80. The highest BCUT2D eigenvalue weighted by atomic mass is 35.5. The Labute approximate surface area is 203 Å². The summed E-state index contributed by atoms with van der Waals surface area (Å²) in [6.45, 7) is 4.03. The molecule has 0 aliphatic carbocycles. The van der Waals surface area contributed by atoms with Gasteiger partial charge in [-0.15, -0.1) is 0 Å². The van der Waals surface area contributed by atoms with E-state index in [1.807, 2.05) is 13.8 Å². The number of hydrogen-bond acceptors (Lipinski definition) is 4. The third-order valence-corrected chi connectivity index (χ3v) is 5.16. The maximum absolute atomic E-state index is 12.5. The highest BCUT2D eigenvalue weighted by Crippen LogP contribution is 2.18. The van der Waals surface area contributed by atoms with Crippen molar-refractivity contribution in [3.05, 3.63) is 88.9 Å². The van der Waals surface area contributed by atoms with Gasteiger partial charge in [0, 0.05) is 27.5 Å². The number of ether oxygens (including phenoxy) is 1. The van der Waals surface area contributed by atoms with E-state index < -0.39 is 0 Å². The number of nitrogens with one attached hydrogen (secondary N) is 3. The van der Waals surface area contributed by atoms with Crippen molar-refractivity contribution in [1.29, 1.82) is 0 Å². The molecule has 2 amide bonds. The van der Waals surface area contributed by atoms with Crippen molar-refractivity contribution in [2.45, 2.75) is 26.4 Å². The highest BCUT2D eigenvalue weighted by Gasteiger charge is 2.10. The molecule has 3 aromatic carbocycles. The average molecular weight is 482 g/mol. The van der Waals surface area contributed by atoms with Gasteiger partial charge in [0.05, 0.1) is 6.10 Å². The fraction of sp³-hybridized carbons (Fsp3) is 0.160. The van der Waals surface area contributed by atoms with Gasteiger partial charge in [-0.2, -0.15) is 0 Å². The predicted molar refractivity (Wildman–Crippen MR) is 136 cm³/mol. The molecule has 0 saturated heterocycles. The van der Waals surface area contributed by atoms with Crippen LogP contribution in [0.2, 0.25) is 5.02 Å². The van der Waals surface area contributed by atoms with Gasteiger partial charge in [-0.05, 0) is 86.2 Å². The van der Waals surface area contributed by atoms with E-state index in [1.54, 1.807) is 72.8 Å². The maximum Gasteiger partial charge on any atom is 0.257 e. The lowest BCUT2D eigenvalue weighted by atomic mass is 10.2. The predicted octanol–water partition coefficient (Wildman–Crippen LogP) is 5.90. The fourth-order valence-electron chi connectivity index (χ4n) is 2.85. The zero-order chi connectivity index (χ0) is 23.8. The first-order valence-electron chi connectivity index (χ1n) is 10.4. The van der Waals surface area contributed by atoms with Crippen LogP contribution in [0.1, 0.15) is 41.0 Å². The third-order valence-electron chi connectivity index (χ3n) is 4.72. The van der Waals surface area contributed by atoms with Crippen molar-refractivity contribution in [3.8, 4) is 5.75 Å². The first-order valence-corrected chi connectivity index (χ1v) is 11.2. The van der Waals surface area contributed by atoms with Crippen LogP contribution in [0.5, 0.6) is 5.75 Å². The number of halogens is 1. The lowest BCUT2D eigenvalue weighted by molar-refractivity contribution is 0.0976. The van der Waals surface area contributed by atoms with E-state index in [4.69, 9.17) is 28.6 Å². The van der Waals surface area contributed by atoms with Gasteiger partial charge in [-0.25, -0.2) is 0 Å². The summed E-state index contributed by atoms with van der Waals surface area (Å²) < 4.78 is 5.72. The Kier molecular flexibility index (Phi) is 8.40. The molecular weight excluding hydrogens is 458 g/mol. The lowest BCUT2D eigenvalue weighted by Crippen LogP contribution is -2.34. The van der Waals surface area contributed by atoms with E-state index >= 15 is 0 Å². The van der Waals surface area contributed by atoms with Crippen LogP contribution in [0.3, 0.4) is 0 Å². The van der Waals surface area contributed by atoms with Crippen molar-refractivity contribution in [3.63, 3.8) is 0 Å². The molecule has 0 bridgehead atoms. The van der Waals surface area contributed by atoms with E-state index in [2.05, 4.69) is 16.0 Å². The van der Waals surface area contributed by atoms with E-state index in [1.165, 1.54) is 0 Å². The summed E-state index contributed by atoms with van der Waals surface area (Å²) in [5.74, 6) is 0.0810. The summed E-state index contributed by atoms with van der Waals surface area (Å²) in [4.78, 5) is 24.9. The number of hydrogen-bond donors (Lipinski definition) is 3. The molecule has 0 unspecified atom stereocenters. The largest absolute Gasteiger partial charge is 0.491 e. The molecule has 0 saturated carbocycles. The standard InChI is InChI=1S/C25H24ClN3O3S/c1-3-16(2)32-22-12-10-17(11-13-22)23(30)29-25(33)28-21-9-5-8-20(15-21)27-24(31)18-6-4-7-19(26)14-18/h4-16H,3H2,1-2H3,(H,27,31)(H2,28,29,30,33)/t16-/m0/s1. The van der Waals surface area contributed by atoms with Crippen LogP contribution in [-0.4, -0.2) is 23.0 Å². The third kappa shape index (κ3) is 7.30. The molecule has 33 heavy (non-hydrogen) atoms. The van der Waals surface area contributed by atoms with Gasteiger partial charge in [-0.1, -0.05) is 30.7 Å². The van der Waals surface area contributed by atoms with Crippen LogP contribution in [-0.2, 0) is 0 Å². The molecular formula is C25H24ClN3O3S. The first kappa shape index (κ1) is 24.2. The SMILES string of the molecule is CC[C@H](C)Oc1ccc(C(=O)NC(=S)Nc2cccc(NC(=O)c3cccc(Cl)c3)c2)cc1. The minimum atomic E-state index is -0.340. The van der Waals surface area contributed by atoms with Crippen LogP contribution in [0.15, 0.2) is 72.8 Å². The number of carbonyl (C=O) groups excluding carboxylic acids is 2. The molecule has 3 N–H and O–H groups in total. The quantitative estimate of drug-likeness (QED) is 0.366.